The monoisotopic (exact) mass is 852 g/mol. The fourth-order valence-corrected chi connectivity index (χ4v) is 9.10. The summed E-state index contributed by atoms with van der Waals surface area (Å²) in [4.78, 5) is 9.85. The van der Waals surface area contributed by atoms with Crippen molar-refractivity contribution in [1.82, 2.24) is 19.1 Å². The first-order valence-corrected chi connectivity index (χ1v) is 21.7. The minimum Gasteiger partial charge on any atom is -0.457 e. The van der Waals surface area contributed by atoms with Gasteiger partial charge >= 0.3 is 6.18 Å². The van der Waals surface area contributed by atoms with Crippen LogP contribution >= 0.6 is 0 Å². The fourth-order valence-electron chi connectivity index (χ4n) is 9.10. The van der Waals surface area contributed by atoms with Crippen molar-refractivity contribution in [1.29, 1.82) is 0 Å². The van der Waals surface area contributed by atoms with E-state index >= 15 is 0 Å². The van der Waals surface area contributed by atoms with Crippen molar-refractivity contribution in [3.8, 4) is 45.5 Å². The normalized spacial score (nSPS) is 12.5. The number of aromatic nitrogens is 4. The van der Waals surface area contributed by atoms with Gasteiger partial charge in [-0.25, -0.2) is 9.97 Å². The Bertz CT molecular complexity index is 3390. The van der Waals surface area contributed by atoms with E-state index in [1.165, 1.54) is 28.8 Å². The number of fused-ring (bicyclic) bond motifs is 6. The molecule has 0 bridgehead atoms. The number of pyridine rings is 1. The Kier molecular flexibility index (Phi) is 9.78. The molecule has 0 saturated carbocycles. The number of benzene rings is 6. The quantitative estimate of drug-likeness (QED) is 0.153. The Morgan fingerprint density at radius 1 is 0.609 bits per heavy atom. The van der Waals surface area contributed by atoms with Crippen LogP contribution in [0, 0.1) is 0 Å². The lowest BCUT2D eigenvalue weighted by molar-refractivity contribution is -0.137. The van der Waals surface area contributed by atoms with Crippen molar-refractivity contribution in [2.24, 2.45) is 0 Å². The van der Waals surface area contributed by atoms with Crippen LogP contribution in [0.3, 0.4) is 0 Å². The molecule has 4 aromatic heterocycles. The molecular weight excluding hydrogens is 806 g/mol. The van der Waals surface area contributed by atoms with E-state index in [2.05, 4.69) is 112 Å². The van der Waals surface area contributed by atoms with Gasteiger partial charge < -0.3 is 9.15 Å². The zero-order valence-electron chi connectivity index (χ0n) is 36.8. The van der Waals surface area contributed by atoms with Crippen molar-refractivity contribution in [2.75, 3.05) is 0 Å². The maximum absolute atomic E-state index is 14.2. The standard InChI is InChI=1S/C55H47F3N4O2/c1-32(2)38-15-12-16-39(33(3)4)51(38)61-26-25-60-53(61)45-30-37(29-44-43-21-19-34(27-49(43)64-52(44)45)40-13-8-10-17-46(40)55(56,57)58)63-36-20-22-42-41-14-9-11-18-47(41)62(48(42)31-36)50-28-35(23-24-59-50)54(5,6)7/h8-33H,1-7H3. The Hall–Kier alpha value is -7.13. The van der Waals surface area contributed by atoms with Crippen LogP contribution in [0.25, 0.3) is 77.8 Å². The molecular formula is C55H47F3N4O2. The second kappa shape index (κ2) is 15.3. The third-order valence-electron chi connectivity index (χ3n) is 12.3. The number of furan rings is 1. The van der Waals surface area contributed by atoms with Gasteiger partial charge in [0.25, 0.3) is 0 Å². The number of rotatable bonds is 8. The molecule has 0 spiro atoms. The summed E-state index contributed by atoms with van der Waals surface area (Å²) in [7, 11) is 0. The SMILES string of the molecule is CC(C)c1cccc(C(C)C)c1-n1ccnc1-c1cc(Oc2ccc3c4ccccc4n(-c4cc(C(C)(C)C)ccn4)c3c2)cc2c1oc1cc(-c3ccccc3C(F)(F)F)ccc12. The fraction of sp³-hybridized carbons (Fsp3) is 0.200. The molecule has 0 aliphatic carbocycles. The molecule has 10 rings (SSSR count). The summed E-state index contributed by atoms with van der Waals surface area (Å²) < 4.78 is 60.7. The number of para-hydroxylation sites is 2. The zero-order valence-corrected chi connectivity index (χ0v) is 36.8. The van der Waals surface area contributed by atoms with Gasteiger partial charge in [-0.3, -0.25) is 9.13 Å². The third kappa shape index (κ3) is 7.00. The highest BCUT2D eigenvalue weighted by atomic mass is 19.4. The predicted molar refractivity (Wildman–Crippen MR) is 252 cm³/mol. The number of hydrogen-bond acceptors (Lipinski definition) is 4. The van der Waals surface area contributed by atoms with Gasteiger partial charge in [-0.1, -0.05) is 109 Å². The first kappa shape index (κ1) is 40.9. The summed E-state index contributed by atoms with van der Waals surface area (Å²) >= 11 is 0. The van der Waals surface area contributed by atoms with Crippen LogP contribution in [0.4, 0.5) is 13.2 Å². The van der Waals surface area contributed by atoms with Gasteiger partial charge in [-0.15, -0.1) is 0 Å². The Morgan fingerprint density at radius 3 is 2.08 bits per heavy atom. The highest BCUT2D eigenvalue weighted by Gasteiger charge is 2.33. The molecule has 64 heavy (non-hydrogen) atoms. The van der Waals surface area contributed by atoms with Crippen molar-refractivity contribution in [3.63, 3.8) is 0 Å². The number of alkyl halides is 3. The minimum absolute atomic E-state index is 0.0740. The Labute approximate surface area is 369 Å². The largest absolute Gasteiger partial charge is 0.457 e. The van der Waals surface area contributed by atoms with Crippen LogP contribution in [0.15, 0.2) is 150 Å². The van der Waals surface area contributed by atoms with Crippen molar-refractivity contribution in [2.45, 2.75) is 71.9 Å². The molecule has 0 atom stereocenters. The topological polar surface area (TPSA) is 58.0 Å². The van der Waals surface area contributed by atoms with Gasteiger partial charge in [0, 0.05) is 46.2 Å². The van der Waals surface area contributed by atoms with Gasteiger partial charge in [0.2, 0.25) is 0 Å². The van der Waals surface area contributed by atoms with Crippen LogP contribution in [-0.2, 0) is 11.6 Å². The molecule has 320 valence electrons. The van der Waals surface area contributed by atoms with E-state index in [0.29, 0.717) is 39.6 Å². The van der Waals surface area contributed by atoms with Crippen LogP contribution in [0.1, 0.15) is 82.6 Å². The van der Waals surface area contributed by atoms with Gasteiger partial charge in [0.15, 0.2) is 0 Å². The lowest BCUT2D eigenvalue weighted by Crippen LogP contribution is -2.12. The van der Waals surface area contributed by atoms with Gasteiger partial charge in [-0.2, -0.15) is 13.2 Å². The average molecular weight is 853 g/mol. The molecule has 0 unspecified atom stereocenters. The highest BCUT2D eigenvalue weighted by molar-refractivity contribution is 6.11. The van der Waals surface area contributed by atoms with Crippen LogP contribution in [0.5, 0.6) is 11.5 Å². The van der Waals surface area contributed by atoms with Crippen molar-refractivity contribution >= 4 is 43.7 Å². The minimum atomic E-state index is -4.53. The first-order chi connectivity index (χ1) is 30.7. The Morgan fingerprint density at radius 2 is 1.33 bits per heavy atom. The molecule has 0 radical (unpaired) electrons. The maximum Gasteiger partial charge on any atom is 0.417 e. The molecule has 0 saturated heterocycles. The first-order valence-electron chi connectivity index (χ1n) is 21.7. The summed E-state index contributed by atoms with van der Waals surface area (Å²) in [6.45, 7) is 15.3. The van der Waals surface area contributed by atoms with E-state index in [4.69, 9.17) is 19.1 Å². The summed E-state index contributed by atoms with van der Waals surface area (Å²) in [5.41, 5.74) is 7.95. The lowest BCUT2D eigenvalue weighted by Gasteiger charge is -2.22. The van der Waals surface area contributed by atoms with E-state index in [1.54, 1.807) is 24.4 Å². The molecule has 0 aliphatic rings. The second-order valence-electron chi connectivity index (χ2n) is 18.2. The van der Waals surface area contributed by atoms with Crippen LogP contribution in [-0.4, -0.2) is 19.1 Å². The summed E-state index contributed by atoms with van der Waals surface area (Å²) in [6.07, 6.45) is 1.11. The summed E-state index contributed by atoms with van der Waals surface area (Å²) in [6, 6.07) is 39.9. The molecule has 6 nitrogen and oxygen atoms in total. The molecule has 4 heterocycles. The average Bonchev–Trinajstić information content (AvgIpc) is 3.99. The van der Waals surface area contributed by atoms with E-state index in [-0.39, 0.29) is 22.8 Å². The molecule has 10 aromatic rings. The van der Waals surface area contributed by atoms with E-state index in [0.717, 1.165) is 50.1 Å². The molecule has 0 fully saturated rings. The van der Waals surface area contributed by atoms with E-state index < -0.39 is 11.7 Å². The van der Waals surface area contributed by atoms with Crippen LogP contribution < -0.4 is 4.74 Å². The maximum atomic E-state index is 14.2. The lowest BCUT2D eigenvalue weighted by atomic mass is 9.88. The van der Waals surface area contributed by atoms with Crippen molar-refractivity contribution in [3.05, 3.63) is 168 Å². The zero-order chi connectivity index (χ0) is 44.7. The number of hydrogen-bond donors (Lipinski definition) is 0. The molecule has 0 aliphatic heterocycles. The number of nitrogens with zero attached hydrogens (tertiary/aromatic N) is 4. The summed E-state index contributed by atoms with van der Waals surface area (Å²) in [5, 5.41) is 3.65. The van der Waals surface area contributed by atoms with Crippen molar-refractivity contribution < 1.29 is 22.3 Å². The number of ether oxygens (including phenoxy) is 1. The van der Waals surface area contributed by atoms with E-state index in [9.17, 15) is 13.2 Å². The van der Waals surface area contributed by atoms with Gasteiger partial charge in [-0.05, 0) is 106 Å². The van der Waals surface area contributed by atoms with Crippen LogP contribution in [0.2, 0.25) is 0 Å². The van der Waals surface area contributed by atoms with Gasteiger partial charge in [0.1, 0.15) is 34.3 Å². The second-order valence-corrected chi connectivity index (χ2v) is 18.2. The van der Waals surface area contributed by atoms with Gasteiger partial charge in [0.05, 0.1) is 27.8 Å². The summed E-state index contributed by atoms with van der Waals surface area (Å²) in [5.74, 6) is 3.06. The predicted octanol–water partition coefficient (Wildman–Crippen LogP) is 16.0. The Balaban J connectivity index is 1.18. The number of halogens is 3. The molecule has 9 heteroatoms. The number of imidazole rings is 1. The molecule has 0 amide bonds. The third-order valence-corrected chi connectivity index (χ3v) is 12.3. The molecule has 6 aromatic carbocycles. The molecule has 0 N–H and O–H groups in total. The highest BCUT2D eigenvalue weighted by Crippen LogP contribution is 2.45. The van der Waals surface area contributed by atoms with E-state index in [1.807, 2.05) is 48.8 Å². The smallest absolute Gasteiger partial charge is 0.417 e.